The highest BCUT2D eigenvalue weighted by molar-refractivity contribution is 5.69. The van der Waals surface area contributed by atoms with Crippen LogP contribution in [-0.4, -0.2) is 89.6 Å². The van der Waals surface area contributed by atoms with Crippen LogP contribution in [0.1, 0.15) is 239 Å². The second-order valence-electron chi connectivity index (χ2n) is 18.7. The van der Waals surface area contributed by atoms with Gasteiger partial charge in [0, 0.05) is 13.0 Å². The van der Waals surface area contributed by atoms with Gasteiger partial charge in [-0.2, -0.15) is 0 Å². The Kier molecular flexibility index (Phi) is 44.4. The number of aliphatic hydroxyl groups excluding tert-OH is 4. The molecule has 0 aromatic rings. The summed E-state index contributed by atoms with van der Waals surface area (Å²) in [7, 11) is 0. The van der Waals surface area contributed by atoms with E-state index in [1.807, 2.05) is 0 Å². The lowest BCUT2D eigenvalue weighted by Crippen LogP contribution is -2.59. The molecular formula is C56H102O9. The zero-order chi connectivity index (χ0) is 47.1. The second-order valence-corrected chi connectivity index (χ2v) is 18.7. The largest absolute Gasteiger partial charge is 0.457 e. The van der Waals surface area contributed by atoms with Crippen molar-refractivity contribution in [2.24, 2.45) is 0 Å². The lowest BCUT2D eigenvalue weighted by Gasteiger charge is -2.39. The van der Waals surface area contributed by atoms with E-state index in [2.05, 4.69) is 62.5 Å². The van der Waals surface area contributed by atoms with Crippen LogP contribution in [0.5, 0.6) is 0 Å². The second kappa shape index (κ2) is 47.2. The SMILES string of the molecule is CCCCCC/C=C\C/C=C\CCCCCCCCOCC(COC1OC(CO)C(O)C(O)C1O)OC(=O)CCCCCCCCCCCCCCC/C=C\C/C=C\CCCCCCC. The maximum absolute atomic E-state index is 12.9. The zero-order valence-electron chi connectivity index (χ0n) is 42.0. The minimum atomic E-state index is -1.54. The Bertz CT molecular complexity index is 1140. The number of rotatable bonds is 47. The monoisotopic (exact) mass is 919 g/mol. The van der Waals surface area contributed by atoms with Crippen LogP contribution in [0.3, 0.4) is 0 Å². The molecule has 9 heteroatoms. The number of hydrogen-bond acceptors (Lipinski definition) is 9. The van der Waals surface area contributed by atoms with Crippen LogP contribution in [0.2, 0.25) is 0 Å². The minimum absolute atomic E-state index is 0.118. The van der Waals surface area contributed by atoms with Gasteiger partial charge in [-0.05, 0) is 77.0 Å². The van der Waals surface area contributed by atoms with E-state index in [4.69, 9.17) is 18.9 Å². The van der Waals surface area contributed by atoms with Gasteiger partial charge in [-0.25, -0.2) is 0 Å². The van der Waals surface area contributed by atoms with E-state index >= 15 is 0 Å². The fourth-order valence-corrected chi connectivity index (χ4v) is 8.20. The number of aliphatic hydroxyl groups is 4. The molecule has 1 aliphatic rings. The van der Waals surface area contributed by atoms with Crippen LogP contribution in [0, 0.1) is 0 Å². The third kappa shape index (κ3) is 37.8. The van der Waals surface area contributed by atoms with Crippen molar-refractivity contribution in [2.45, 2.75) is 275 Å². The maximum atomic E-state index is 12.9. The van der Waals surface area contributed by atoms with E-state index in [0.717, 1.165) is 57.8 Å². The Balaban J connectivity index is 2.17. The molecule has 1 heterocycles. The summed E-state index contributed by atoms with van der Waals surface area (Å²) < 4.78 is 22.9. The molecule has 0 amide bonds. The third-order valence-electron chi connectivity index (χ3n) is 12.5. The van der Waals surface area contributed by atoms with Gasteiger partial charge >= 0.3 is 5.97 Å². The van der Waals surface area contributed by atoms with Crippen molar-refractivity contribution in [2.75, 3.05) is 26.4 Å². The molecule has 1 fully saturated rings. The highest BCUT2D eigenvalue weighted by Crippen LogP contribution is 2.23. The first-order valence-corrected chi connectivity index (χ1v) is 27.2. The lowest BCUT2D eigenvalue weighted by molar-refractivity contribution is -0.305. The van der Waals surface area contributed by atoms with E-state index in [1.165, 1.54) is 161 Å². The number of carbonyl (C=O) groups excluding carboxylic acids is 1. The summed E-state index contributed by atoms with van der Waals surface area (Å²) in [5.74, 6) is -0.317. The molecule has 0 radical (unpaired) electrons. The van der Waals surface area contributed by atoms with Crippen molar-refractivity contribution in [1.82, 2.24) is 0 Å². The number of carbonyl (C=O) groups is 1. The van der Waals surface area contributed by atoms with Crippen molar-refractivity contribution in [3.8, 4) is 0 Å². The standard InChI is InChI=1S/C56H102O9/c1-3-5-7-9-11-13-15-17-19-21-22-23-24-25-26-27-28-29-31-33-35-37-39-41-43-45-52(58)64-50(49-63-56-55(61)54(60)53(59)51(47-57)65-56)48-62-46-44-42-40-38-36-34-32-30-20-18-16-14-12-10-8-6-4-2/h14-17,20-22,30,50-51,53-57,59-61H,3-13,18-19,23-29,31-49H2,1-2H3/b16-14-,17-15-,22-21-,30-20-. The Morgan fingerprint density at radius 1 is 0.492 bits per heavy atom. The molecule has 380 valence electrons. The molecule has 1 saturated heterocycles. The van der Waals surface area contributed by atoms with Gasteiger partial charge < -0.3 is 39.4 Å². The topological polar surface area (TPSA) is 135 Å². The lowest BCUT2D eigenvalue weighted by atomic mass is 9.99. The Morgan fingerprint density at radius 3 is 1.34 bits per heavy atom. The average Bonchev–Trinajstić information content (AvgIpc) is 3.31. The smallest absolute Gasteiger partial charge is 0.306 e. The maximum Gasteiger partial charge on any atom is 0.306 e. The van der Waals surface area contributed by atoms with E-state index in [-0.39, 0.29) is 19.2 Å². The molecule has 1 rings (SSSR count). The third-order valence-corrected chi connectivity index (χ3v) is 12.5. The van der Waals surface area contributed by atoms with E-state index < -0.39 is 43.4 Å². The quantitative estimate of drug-likeness (QED) is 0.0267. The molecule has 0 aliphatic carbocycles. The summed E-state index contributed by atoms with van der Waals surface area (Å²) >= 11 is 0. The van der Waals surface area contributed by atoms with Gasteiger partial charge in [-0.15, -0.1) is 0 Å². The molecule has 0 aromatic carbocycles. The average molecular weight is 919 g/mol. The molecule has 6 atom stereocenters. The first-order chi connectivity index (χ1) is 31.9. The summed E-state index contributed by atoms with van der Waals surface area (Å²) in [6, 6.07) is 0. The van der Waals surface area contributed by atoms with Crippen LogP contribution in [0.25, 0.3) is 0 Å². The summed E-state index contributed by atoms with van der Waals surface area (Å²) in [6.07, 6.45) is 52.9. The number of ether oxygens (including phenoxy) is 4. The Labute approximate surface area is 399 Å². The number of allylic oxidation sites excluding steroid dienone is 8. The van der Waals surface area contributed by atoms with E-state index in [0.29, 0.717) is 13.0 Å². The van der Waals surface area contributed by atoms with Crippen LogP contribution < -0.4 is 0 Å². The fourth-order valence-electron chi connectivity index (χ4n) is 8.20. The normalized spacial score (nSPS) is 19.8. The molecule has 6 unspecified atom stereocenters. The molecule has 1 aliphatic heterocycles. The van der Waals surface area contributed by atoms with Crippen LogP contribution >= 0.6 is 0 Å². The van der Waals surface area contributed by atoms with Gasteiger partial charge in [0.15, 0.2) is 6.29 Å². The van der Waals surface area contributed by atoms with Gasteiger partial charge in [0.05, 0.1) is 19.8 Å². The summed E-state index contributed by atoms with van der Waals surface area (Å²) in [6.45, 7) is 4.53. The van der Waals surface area contributed by atoms with Gasteiger partial charge in [0.2, 0.25) is 0 Å². The first-order valence-electron chi connectivity index (χ1n) is 27.2. The molecule has 65 heavy (non-hydrogen) atoms. The van der Waals surface area contributed by atoms with E-state index in [1.54, 1.807) is 0 Å². The minimum Gasteiger partial charge on any atom is -0.457 e. The van der Waals surface area contributed by atoms with Gasteiger partial charge in [-0.3, -0.25) is 4.79 Å². The van der Waals surface area contributed by atoms with E-state index in [9.17, 15) is 25.2 Å². The summed E-state index contributed by atoms with van der Waals surface area (Å²) in [5.41, 5.74) is 0. The van der Waals surface area contributed by atoms with Crippen molar-refractivity contribution in [3.63, 3.8) is 0 Å². The molecule has 9 nitrogen and oxygen atoms in total. The Morgan fingerprint density at radius 2 is 0.892 bits per heavy atom. The van der Waals surface area contributed by atoms with Crippen LogP contribution in [0.4, 0.5) is 0 Å². The fraction of sp³-hybridized carbons (Fsp3) is 0.839. The molecule has 0 aromatic heterocycles. The molecule has 0 saturated carbocycles. The number of hydrogen-bond donors (Lipinski definition) is 4. The molecule has 0 spiro atoms. The number of esters is 1. The van der Waals surface area contributed by atoms with Crippen molar-refractivity contribution in [3.05, 3.63) is 48.6 Å². The van der Waals surface area contributed by atoms with Crippen LogP contribution in [0.15, 0.2) is 48.6 Å². The molecule has 0 bridgehead atoms. The van der Waals surface area contributed by atoms with Crippen molar-refractivity contribution < 1.29 is 44.2 Å². The zero-order valence-corrected chi connectivity index (χ0v) is 42.0. The van der Waals surface area contributed by atoms with Crippen molar-refractivity contribution >= 4 is 5.97 Å². The van der Waals surface area contributed by atoms with Gasteiger partial charge in [0.1, 0.15) is 30.5 Å². The molecular weight excluding hydrogens is 817 g/mol. The van der Waals surface area contributed by atoms with Gasteiger partial charge in [-0.1, -0.05) is 204 Å². The number of unbranched alkanes of at least 4 members (excludes halogenated alkanes) is 28. The van der Waals surface area contributed by atoms with Gasteiger partial charge in [0.25, 0.3) is 0 Å². The summed E-state index contributed by atoms with van der Waals surface area (Å²) in [4.78, 5) is 12.9. The molecule has 4 N–H and O–H groups in total. The Hall–Kier alpha value is -1.85. The summed E-state index contributed by atoms with van der Waals surface area (Å²) in [5, 5.41) is 40.3. The predicted octanol–water partition coefficient (Wildman–Crippen LogP) is 13.6. The highest BCUT2D eigenvalue weighted by Gasteiger charge is 2.44. The highest BCUT2D eigenvalue weighted by atomic mass is 16.7. The van der Waals surface area contributed by atoms with Crippen molar-refractivity contribution in [1.29, 1.82) is 0 Å². The predicted molar refractivity (Wildman–Crippen MR) is 270 cm³/mol. The van der Waals surface area contributed by atoms with Crippen LogP contribution in [-0.2, 0) is 23.7 Å². The first kappa shape index (κ1) is 61.2.